The lowest BCUT2D eigenvalue weighted by Gasteiger charge is -2.26. The van der Waals surface area contributed by atoms with Crippen molar-refractivity contribution in [2.45, 2.75) is 51.1 Å². The minimum atomic E-state index is -0.368. The van der Waals surface area contributed by atoms with Crippen molar-refractivity contribution in [3.8, 4) is 0 Å². The Bertz CT molecular complexity index is 218. The highest BCUT2D eigenvalue weighted by atomic mass is 32.2. The van der Waals surface area contributed by atoms with Crippen LogP contribution in [0.2, 0.25) is 0 Å². The third-order valence-corrected chi connectivity index (χ3v) is 4.06. The molecular formula is C13H27NO2S. The fraction of sp³-hybridized carbons (Fsp3) is 1.00. The van der Waals surface area contributed by atoms with Gasteiger partial charge >= 0.3 is 0 Å². The Labute approximate surface area is 110 Å². The number of hydrogen-bond acceptors (Lipinski definition) is 4. The summed E-state index contributed by atoms with van der Waals surface area (Å²) in [4.78, 5) is 2.35. The van der Waals surface area contributed by atoms with Crippen molar-refractivity contribution < 1.29 is 9.84 Å². The first-order chi connectivity index (χ1) is 7.87. The van der Waals surface area contributed by atoms with E-state index in [0.29, 0.717) is 6.61 Å². The van der Waals surface area contributed by atoms with E-state index in [2.05, 4.69) is 11.8 Å². The van der Waals surface area contributed by atoms with Crippen molar-refractivity contribution in [1.82, 2.24) is 4.90 Å². The molecule has 0 radical (unpaired) electrons. The van der Waals surface area contributed by atoms with Crippen LogP contribution in [0.25, 0.3) is 0 Å². The lowest BCUT2D eigenvalue weighted by molar-refractivity contribution is -0.0557. The van der Waals surface area contributed by atoms with Crippen molar-refractivity contribution in [1.29, 1.82) is 0 Å². The minimum absolute atomic E-state index is 0.163. The third-order valence-electron chi connectivity index (χ3n) is 2.84. The summed E-state index contributed by atoms with van der Waals surface area (Å²) in [6.45, 7) is 11.7. The number of nitrogens with zero attached hydrogens (tertiary/aromatic N) is 1. The molecule has 1 N–H and O–H groups in total. The standard InChI is InChI=1S/C13H27NO2S/c1-11-5-6-14(7-8-17-11)9-12(15)10-16-13(2,3)4/h11-12,15H,5-10H2,1-4H3/t11-,12+/m0/s1. The molecule has 1 heterocycles. The molecule has 4 heteroatoms. The highest BCUT2D eigenvalue weighted by Crippen LogP contribution is 2.18. The van der Waals surface area contributed by atoms with Crippen LogP contribution in [0.5, 0.6) is 0 Å². The van der Waals surface area contributed by atoms with Crippen molar-refractivity contribution in [2.24, 2.45) is 0 Å². The normalized spacial score (nSPS) is 25.6. The number of hydrogen-bond donors (Lipinski definition) is 1. The first-order valence-corrected chi connectivity index (χ1v) is 7.57. The van der Waals surface area contributed by atoms with Crippen LogP contribution in [0.4, 0.5) is 0 Å². The van der Waals surface area contributed by atoms with Crippen LogP contribution in [0.3, 0.4) is 0 Å². The monoisotopic (exact) mass is 261 g/mol. The van der Waals surface area contributed by atoms with E-state index >= 15 is 0 Å². The molecular weight excluding hydrogens is 234 g/mol. The van der Waals surface area contributed by atoms with Crippen LogP contribution in [0.1, 0.15) is 34.1 Å². The number of rotatable bonds is 4. The predicted molar refractivity (Wildman–Crippen MR) is 74.7 cm³/mol. The van der Waals surface area contributed by atoms with Gasteiger partial charge in [0.05, 0.1) is 18.3 Å². The Balaban J connectivity index is 2.23. The Morgan fingerprint density at radius 1 is 1.41 bits per heavy atom. The molecule has 0 amide bonds. The molecule has 0 spiro atoms. The van der Waals surface area contributed by atoms with E-state index in [1.807, 2.05) is 32.5 Å². The zero-order valence-electron chi connectivity index (χ0n) is 11.6. The van der Waals surface area contributed by atoms with Gasteiger partial charge in [-0.15, -0.1) is 0 Å². The fourth-order valence-corrected chi connectivity index (χ4v) is 2.86. The van der Waals surface area contributed by atoms with Gasteiger partial charge in [0.15, 0.2) is 0 Å². The molecule has 0 unspecified atom stereocenters. The molecule has 1 saturated heterocycles. The third kappa shape index (κ3) is 7.29. The number of aliphatic hydroxyl groups excluding tert-OH is 1. The first-order valence-electron chi connectivity index (χ1n) is 6.53. The van der Waals surface area contributed by atoms with Gasteiger partial charge in [-0.3, -0.25) is 4.90 Å². The SMILES string of the molecule is C[C@H]1CCN(C[C@@H](O)COC(C)(C)C)CCS1. The van der Waals surface area contributed by atoms with Crippen LogP contribution < -0.4 is 0 Å². The second-order valence-corrected chi connectivity index (χ2v) is 7.39. The zero-order valence-corrected chi connectivity index (χ0v) is 12.4. The number of thioether (sulfide) groups is 1. The molecule has 0 saturated carbocycles. The highest BCUT2D eigenvalue weighted by molar-refractivity contribution is 7.99. The van der Waals surface area contributed by atoms with E-state index in [4.69, 9.17) is 4.74 Å². The predicted octanol–water partition coefficient (Wildman–Crippen LogP) is 1.99. The minimum Gasteiger partial charge on any atom is -0.389 e. The molecule has 1 aliphatic heterocycles. The average Bonchev–Trinajstić information content (AvgIpc) is 2.40. The van der Waals surface area contributed by atoms with Gasteiger partial charge in [-0.05, 0) is 33.7 Å². The zero-order chi connectivity index (χ0) is 12.9. The van der Waals surface area contributed by atoms with Crippen LogP contribution >= 0.6 is 11.8 Å². The number of ether oxygens (including phenoxy) is 1. The van der Waals surface area contributed by atoms with E-state index in [-0.39, 0.29) is 11.7 Å². The van der Waals surface area contributed by atoms with Gasteiger partial charge in [-0.1, -0.05) is 6.92 Å². The van der Waals surface area contributed by atoms with Gasteiger partial charge in [0.2, 0.25) is 0 Å². The highest BCUT2D eigenvalue weighted by Gasteiger charge is 2.18. The number of β-amino-alcohol motifs (C(OH)–C–C–N with tert-alkyl or cyclic N) is 1. The van der Waals surface area contributed by atoms with Gasteiger partial charge in [-0.2, -0.15) is 11.8 Å². The van der Waals surface area contributed by atoms with Gasteiger partial charge in [0, 0.05) is 24.1 Å². The largest absolute Gasteiger partial charge is 0.389 e. The molecule has 0 aromatic rings. The van der Waals surface area contributed by atoms with E-state index in [1.165, 1.54) is 12.2 Å². The van der Waals surface area contributed by atoms with E-state index in [1.54, 1.807) is 0 Å². The molecule has 0 aliphatic carbocycles. The molecule has 0 aromatic carbocycles. The maximum atomic E-state index is 9.95. The second kappa shape index (κ2) is 6.98. The summed E-state index contributed by atoms with van der Waals surface area (Å²) in [5.74, 6) is 1.17. The van der Waals surface area contributed by atoms with Crippen LogP contribution in [0, 0.1) is 0 Å². The van der Waals surface area contributed by atoms with E-state index in [0.717, 1.165) is 24.9 Å². The summed E-state index contributed by atoms with van der Waals surface area (Å²) in [6.07, 6.45) is 0.852. The van der Waals surface area contributed by atoms with Crippen LogP contribution in [-0.2, 0) is 4.74 Å². The number of aliphatic hydroxyl groups is 1. The van der Waals surface area contributed by atoms with Gasteiger partial charge in [0.1, 0.15) is 0 Å². The van der Waals surface area contributed by atoms with E-state index < -0.39 is 0 Å². The summed E-state index contributed by atoms with van der Waals surface area (Å²) >= 11 is 2.03. The Morgan fingerprint density at radius 2 is 2.12 bits per heavy atom. The average molecular weight is 261 g/mol. The van der Waals surface area contributed by atoms with Gasteiger partial charge in [0.25, 0.3) is 0 Å². The molecule has 0 bridgehead atoms. The fourth-order valence-electron chi connectivity index (χ4n) is 1.82. The maximum absolute atomic E-state index is 9.95. The molecule has 17 heavy (non-hydrogen) atoms. The van der Waals surface area contributed by atoms with Crippen molar-refractivity contribution in [3.05, 3.63) is 0 Å². The quantitative estimate of drug-likeness (QED) is 0.839. The second-order valence-electron chi connectivity index (χ2n) is 5.85. The molecule has 3 nitrogen and oxygen atoms in total. The first kappa shape index (κ1) is 15.3. The summed E-state index contributed by atoms with van der Waals surface area (Å²) in [5.41, 5.74) is -0.163. The molecule has 1 rings (SSSR count). The lowest BCUT2D eigenvalue weighted by atomic mass is 10.2. The maximum Gasteiger partial charge on any atom is 0.0900 e. The topological polar surface area (TPSA) is 32.7 Å². The van der Waals surface area contributed by atoms with Gasteiger partial charge in [-0.25, -0.2) is 0 Å². The van der Waals surface area contributed by atoms with Crippen molar-refractivity contribution in [2.75, 3.05) is 32.0 Å². The summed E-state index contributed by atoms with van der Waals surface area (Å²) in [7, 11) is 0. The Kier molecular flexibility index (Phi) is 6.27. The van der Waals surface area contributed by atoms with Gasteiger partial charge < -0.3 is 9.84 Å². The Hall–Kier alpha value is 0.230. The smallest absolute Gasteiger partial charge is 0.0900 e. The molecule has 2 atom stereocenters. The molecule has 0 aromatic heterocycles. The van der Waals surface area contributed by atoms with Crippen molar-refractivity contribution >= 4 is 11.8 Å². The summed E-state index contributed by atoms with van der Waals surface area (Å²) in [6, 6.07) is 0. The van der Waals surface area contributed by atoms with Crippen molar-refractivity contribution in [3.63, 3.8) is 0 Å². The summed E-state index contributed by atoms with van der Waals surface area (Å²) < 4.78 is 5.60. The van der Waals surface area contributed by atoms with Crippen LogP contribution in [0.15, 0.2) is 0 Å². The van der Waals surface area contributed by atoms with E-state index in [9.17, 15) is 5.11 Å². The Morgan fingerprint density at radius 3 is 2.76 bits per heavy atom. The molecule has 102 valence electrons. The lowest BCUT2D eigenvalue weighted by Crippen LogP contribution is -2.38. The summed E-state index contributed by atoms with van der Waals surface area (Å²) in [5, 5.41) is 10.7. The van der Waals surface area contributed by atoms with Crippen LogP contribution in [-0.4, -0.2) is 59.0 Å². The molecule has 1 fully saturated rings. The molecule has 1 aliphatic rings.